The summed E-state index contributed by atoms with van der Waals surface area (Å²) in [6.07, 6.45) is 76.5. The lowest BCUT2D eigenvalue weighted by molar-refractivity contribution is -0.123. The third kappa shape index (κ3) is 46.1. The van der Waals surface area contributed by atoms with Crippen molar-refractivity contribution in [1.29, 1.82) is 0 Å². The van der Waals surface area contributed by atoms with E-state index >= 15 is 0 Å². The molecule has 0 rings (SSSR count). The van der Waals surface area contributed by atoms with Gasteiger partial charge in [0.05, 0.1) is 18.8 Å². The van der Waals surface area contributed by atoms with Crippen molar-refractivity contribution in [2.45, 2.75) is 231 Å². The number of unbranched alkanes of at least 4 members (excludes halogenated alkanes) is 21. The first-order valence-electron chi connectivity index (χ1n) is 25.1. The number of carbonyl (C=O) groups excluding carboxylic acids is 1. The first-order chi connectivity index (χ1) is 29.7. The predicted octanol–water partition coefficient (Wildman–Crippen LogP) is 16.4. The Bertz CT molecular complexity index is 1170. The van der Waals surface area contributed by atoms with Gasteiger partial charge in [-0.1, -0.05) is 232 Å². The van der Waals surface area contributed by atoms with Crippen molar-refractivity contribution < 1.29 is 15.0 Å². The maximum atomic E-state index is 12.4. The van der Waals surface area contributed by atoms with Crippen molar-refractivity contribution in [1.82, 2.24) is 5.32 Å². The van der Waals surface area contributed by atoms with Crippen LogP contribution in [0.4, 0.5) is 0 Å². The van der Waals surface area contributed by atoms with Crippen molar-refractivity contribution in [3.63, 3.8) is 0 Å². The summed E-state index contributed by atoms with van der Waals surface area (Å²) in [7, 11) is 0. The van der Waals surface area contributed by atoms with Crippen molar-refractivity contribution in [2.75, 3.05) is 6.61 Å². The van der Waals surface area contributed by atoms with Gasteiger partial charge < -0.3 is 15.5 Å². The van der Waals surface area contributed by atoms with Crippen LogP contribution in [0.2, 0.25) is 0 Å². The number of aliphatic hydroxyl groups excluding tert-OH is 2. The summed E-state index contributed by atoms with van der Waals surface area (Å²) in [6, 6.07) is -0.666. The molecule has 0 saturated carbocycles. The topological polar surface area (TPSA) is 69.6 Å². The molecular formula is C56H95NO3. The lowest BCUT2D eigenvalue weighted by Gasteiger charge is -2.19. The molecule has 2 unspecified atom stereocenters. The molecule has 0 heterocycles. The highest BCUT2D eigenvalue weighted by atomic mass is 16.3. The van der Waals surface area contributed by atoms with Crippen LogP contribution in [0.1, 0.15) is 219 Å². The van der Waals surface area contributed by atoms with Crippen LogP contribution in [0, 0.1) is 0 Å². The van der Waals surface area contributed by atoms with E-state index in [-0.39, 0.29) is 12.5 Å². The van der Waals surface area contributed by atoms with Crippen molar-refractivity contribution in [3.8, 4) is 0 Å². The molecule has 4 nitrogen and oxygen atoms in total. The molecule has 0 radical (unpaired) electrons. The summed E-state index contributed by atoms with van der Waals surface area (Å²) in [5.74, 6) is -0.109. The number of aliphatic hydroxyl groups is 2. The second-order valence-electron chi connectivity index (χ2n) is 16.5. The van der Waals surface area contributed by atoms with Crippen LogP contribution in [-0.2, 0) is 4.79 Å². The van der Waals surface area contributed by atoms with Gasteiger partial charge in [-0.25, -0.2) is 0 Å². The minimum atomic E-state index is -0.885. The van der Waals surface area contributed by atoms with Gasteiger partial charge in [0.15, 0.2) is 0 Å². The Morgan fingerprint density at radius 2 is 0.750 bits per heavy atom. The average Bonchev–Trinajstić information content (AvgIpc) is 3.25. The Morgan fingerprint density at radius 1 is 0.417 bits per heavy atom. The van der Waals surface area contributed by atoms with E-state index in [1.165, 1.54) is 109 Å². The average molecular weight is 830 g/mol. The van der Waals surface area contributed by atoms with Crippen molar-refractivity contribution in [2.24, 2.45) is 0 Å². The molecule has 0 spiro atoms. The first-order valence-corrected chi connectivity index (χ1v) is 25.1. The molecule has 0 saturated heterocycles. The zero-order valence-corrected chi connectivity index (χ0v) is 39.2. The molecule has 4 heteroatoms. The van der Waals surface area contributed by atoms with Crippen molar-refractivity contribution in [3.05, 3.63) is 109 Å². The summed E-state index contributed by atoms with van der Waals surface area (Å²) < 4.78 is 0. The molecule has 0 aromatic carbocycles. The molecule has 1 amide bonds. The third-order valence-electron chi connectivity index (χ3n) is 10.7. The van der Waals surface area contributed by atoms with Crippen LogP contribution in [0.3, 0.4) is 0 Å². The maximum Gasteiger partial charge on any atom is 0.220 e. The predicted molar refractivity (Wildman–Crippen MR) is 266 cm³/mol. The number of nitrogens with one attached hydrogen (secondary N) is 1. The van der Waals surface area contributed by atoms with Crippen LogP contribution < -0.4 is 5.32 Å². The maximum absolute atomic E-state index is 12.4. The third-order valence-corrected chi connectivity index (χ3v) is 10.7. The summed E-state index contributed by atoms with van der Waals surface area (Å²) in [4.78, 5) is 12.4. The Kier molecular flexibility index (Phi) is 47.9. The summed E-state index contributed by atoms with van der Waals surface area (Å²) in [6.45, 7) is 4.17. The largest absolute Gasteiger partial charge is 0.394 e. The van der Waals surface area contributed by atoms with E-state index in [2.05, 4.69) is 116 Å². The summed E-state index contributed by atoms with van der Waals surface area (Å²) >= 11 is 0. The molecule has 0 aromatic rings. The molecule has 2 atom stereocenters. The molecule has 0 aliphatic rings. The molecule has 3 N–H and O–H groups in total. The van der Waals surface area contributed by atoms with E-state index in [0.29, 0.717) is 6.42 Å². The Balaban J connectivity index is 3.71. The van der Waals surface area contributed by atoms with Crippen LogP contribution >= 0.6 is 0 Å². The van der Waals surface area contributed by atoms with Gasteiger partial charge in [0, 0.05) is 6.42 Å². The van der Waals surface area contributed by atoms with Gasteiger partial charge in [-0.2, -0.15) is 0 Å². The lowest BCUT2D eigenvalue weighted by atomic mass is 10.0. The summed E-state index contributed by atoms with van der Waals surface area (Å²) in [5.41, 5.74) is 0. The van der Waals surface area contributed by atoms with Crippen molar-refractivity contribution >= 4 is 5.91 Å². The van der Waals surface area contributed by atoms with Gasteiger partial charge >= 0.3 is 0 Å². The van der Waals surface area contributed by atoms with E-state index in [1.54, 1.807) is 6.08 Å². The monoisotopic (exact) mass is 830 g/mol. The zero-order chi connectivity index (χ0) is 43.5. The number of hydrogen-bond acceptors (Lipinski definition) is 3. The minimum Gasteiger partial charge on any atom is -0.394 e. The van der Waals surface area contributed by atoms with Gasteiger partial charge in [0.25, 0.3) is 0 Å². The van der Waals surface area contributed by atoms with Crippen LogP contribution in [0.15, 0.2) is 109 Å². The van der Waals surface area contributed by atoms with E-state index in [0.717, 1.165) is 89.9 Å². The van der Waals surface area contributed by atoms with E-state index in [4.69, 9.17) is 0 Å². The lowest BCUT2D eigenvalue weighted by Crippen LogP contribution is -2.45. The molecule has 0 aromatic heterocycles. The Hall–Kier alpha value is -2.95. The number of hydrogen-bond donors (Lipinski definition) is 3. The van der Waals surface area contributed by atoms with Crippen LogP contribution in [0.5, 0.6) is 0 Å². The number of amides is 1. The zero-order valence-electron chi connectivity index (χ0n) is 39.2. The second kappa shape index (κ2) is 50.4. The van der Waals surface area contributed by atoms with Crippen LogP contribution in [-0.4, -0.2) is 34.9 Å². The number of carbonyl (C=O) groups is 1. The van der Waals surface area contributed by atoms with E-state index < -0.39 is 12.1 Å². The van der Waals surface area contributed by atoms with Gasteiger partial charge in [0.1, 0.15) is 0 Å². The molecule has 0 aliphatic heterocycles. The quantitative estimate of drug-likeness (QED) is 0.0423. The fourth-order valence-corrected chi connectivity index (χ4v) is 6.94. The number of allylic oxidation sites excluding steroid dienone is 17. The van der Waals surface area contributed by atoms with E-state index in [9.17, 15) is 15.0 Å². The normalized spacial score (nSPS) is 13.9. The molecule has 60 heavy (non-hydrogen) atoms. The van der Waals surface area contributed by atoms with Gasteiger partial charge in [0.2, 0.25) is 5.91 Å². The van der Waals surface area contributed by atoms with E-state index in [1.807, 2.05) is 6.08 Å². The SMILES string of the molecule is CC/C=C\C/C=C\C/C=C\C/C=C\C/C=C\C/C=C\C/C=C\CCCCCC(=O)NC(CO)C(O)/C=C/CC/C=C/CCCCCCCCCCCCCCCCCCC. The Morgan fingerprint density at radius 3 is 1.17 bits per heavy atom. The van der Waals surface area contributed by atoms with Crippen LogP contribution in [0.25, 0.3) is 0 Å². The fourth-order valence-electron chi connectivity index (χ4n) is 6.94. The fraction of sp³-hybridized carbons (Fsp3) is 0.661. The molecule has 0 aliphatic carbocycles. The standard InChI is InChI=1S/C56H95NO3/c1-3-5-7-9-11-13-15-17-19-21-23-25-27-28-30-32-34-36-38-40-42-44-46-48-50-52-56(60)57-54(53-58)55(59)51-49-47-45-43-41-39-37-35-33-31-29-26-24-22-20-18-16-14-12-10-8-6-4-2/h5,7,11,13,17,19,23,25,28,30,34,36,40-43,49,51,54-55,58-59H,3-4,6,8-10,12,14-16,18,20-22,24,26-27,29,31-33,35,37-39,44-48,50,52-53H2,1-2H3,(H,57,60)/b7-5-,13-11-,19-17-,25-23-,30-28-,36-34-,42-40-,43-41+,51-49+. The van der Waals surface area contributed by atoms with Gasteiger partial charge in [-0.15, -0.1) is 0 Å². The molecule has 0 fully saturated rings. The smallest absolute Gasteiger partial charge is 0.220 e. The minimum absolute atomic E-state index is 0.109. The molecular weight excluding hydrogens is 735 g/mol. The number of rotatable bonds is 44. The second-order valence-corrected chi connectivity index (χ2v) is 16.5. The Labute approximate surface area is 372 Å². The molecule has 0 bridgehead atoms. The highest BCUT2D eigenvalue weighted by Gasteiger charge is 2.17. The van der Waals surface area contributed by atoms with Gasteiger partial charge in [-0.05, 0) is 89.9 Å². The highest BCUT2D eigenvalue weighted by Crippen LogP contribution is 2.15. The molecule has 342 valence electrons. The first kappa shape index (κ1) is 57.1. The highest BCUT2D eigenvalue weighted by molar-refractivity contribution is 5.76. The van der Waals surface area contributed by atoms with Gasteiger partial charge in [-0.3, -0.25) is 4.79 Å². The summed E-state index contributed by atoms with van der Waals surface area (Å²) in [5, 5.41) is 23.1.